The Morgan fingerprint density at radius 2 is 1.96 bits per heavy atom. The van der Waals surface area contributed by atoms with Crippen molar-refractivity contribution < 1.29 is 4.74 Å². The standard InChI is InChI=1S/C19H18ClN3OS/c1-24-18-9-8-16(12-22-18)23(13-14-5-4-10-21-19(14)20)15-6-3-7-17(11-15)25-2/h3-12H,13H2,1-2H3. The Morgan fingerprint density at radius 1 is 1.08 bits per heavy atom. The molecule has 0 bridgehead atoms. The lowest BCUT2D eigenvalue weighted by Gasteiger charge is -2.25. The van der Waals surface area contributed by atoms with Gasteiger partial charge in [-0.25, -0.2) is 9.97 Å². The van der Waals surface area contributed by atoms with E-state index < -0.39 is 0 Å². The smallest absolute Gasteiger partial charge is 0.213 e. The minimum Gasteiger partial charge on any atom is -0.481 e. The van der Waals surface area contributed by atoms with E-state index in [0.29, 0.717) is 17.6 Å². The van der Waals surface area contributed by atoms with Gasteiger partial charge in [0, 0.05) is 28.4 Å². The van der Waals surface area contributed by atoms with Crippen LogP contribution in [0.3, 0.4) is 0 Å². The van der Waals surface area contributed by atoms with Crippen LogP contribution < -0.4 is 9.64 Å². The highest BCUT2D eigenvalue weighted by Crippen LogP contribution is 2.31. The predicted octanol–water partition coefficient (Wildman–Crippen LogP) is 5.20. The molecule has 4 nitrogen and oxygen atoms in total. The monoisotopic (exact) mass is 371 g/mol. The van der Waals surface area contributed by atoms with E-state index >= 15 is 0 Å². The summed E-state index contributed by atoms with van der Waals surface area (Å²) in [5, 5.41) is 0.509. The van der Waals surface area contributed by atoms with E-state index in [1.54, 1.807) is 31.3 Å². The summed E-state index contributed by atoms with van der Waals surface area (Å²) in [4.78, 5) is 11.9. The van der Waals surface area contributed by atoms with Crippen LogP contribution in [0.5, 0.6) is 5.88 Å². The summed E-state index contributed by atoms with van der Waals surface area (Å²) in [6.07, 6.45) is 5.56. The maximum atomic E-state index is 6.27. The van der Waals surface area contributed by atoms with Crippen LogP contribution in [-0.4, -0.2) is 23.3 Å². The normalized spacial score (nSPS) is 10.5. The van der Waals surface area contributed by atoms with Crippen molar-refractivity contribution in [1.82, 2.24) is 9.97 Å². The van der Waals surface area contributed by atoms with E-state index in [0.717, 1.165) is 16.9 Å². The summed E-state index contributed by atoms with van der Waals surface area (Å²) >= 11 is 7.98. The maximum absolute atomic E-state index is 6.27. The molecule has 3 rings (SSSR count). The molecule has 0 atom stereocenters. The fraction of sp³-hybridized carbons (Fsp3) is 0.158. The third-order valence-corrected chi connectivity index (χ3v) is 4.84. The molecule has 0 saturated carbocycles. The Hall–Kier alpha value is -2.24. The molecule has 0 N–H and O–H groups in total. The number of nitrogens with zero attached hydrogens (tertiary/aromatic N) is 3. The predicted molar refractivity (Wildman–Crippen MR) is 104 cm³/mol. The van der Waals surface area contributed by atoms with E-state index in [2.05, 4.69) is 45.4 Å². The SMILES string of the molecule is COc1ccc(N(Cc2cccnc2Cl)c2cccc(SC)c2)cn1. The Kier molecular flexibility index (Phi) is 5.79. The van der Waals surface area contributed by atoms with Crippen LogP contribution in [0.2, 0.25) is 5.15 Å². The van der Waals surface area contributed by atoms with Crippen molar-refractivity contribution in [2.24, 2.45) is 0 Å². The summed E-state index contributed by atoms with van der Waals surface area (Å²) in [7, 11) is 1.61. The number of thioether (sulfide) groups is 1. The second-order valence-electron chi connectivity index (χ2n) is 5.30. The van der Waals surface area contributed by atoms with Crippen molar-refractivity contribution in [3.8, 4) is 5.88 Å². The number of rotatable bonds is 6. The van der Waals surface area contributed by atoms with Gasteiger partial charge in [-0.15, -0.1) is 11.8 Å². The Morgan fingerprint density at radius 3 is 2.64 bits per heavy atom. The molecule has 1 aromatic carbocycles. The highest BCUT2D eigenvalue weighted by molar-refractivity contribution is 7.98. The van der Waals surface area contributed by atoms with Crippen molar-refractivity contribution >= 4 is 34.7 Å². The van der Waals surface area contributed by atoms with Gasteiger partial charge in [-0.3, -0.25) is 0 Å². The highest BCUT2D eigenvalue weighted by Gasteiger charge is 2.14. The molecule has 0 amide bonds. The number of hydrogen-bond acceptors (Lipinski definition) is 5. The quantitative estimate of drug-likeness (QED) is 0.440. The molecule has 2 aromatic heterocycles. The van der Waals surface area contributed by atoms with Gasteiger partial charge in [0.05, 0.1) is 25.5 Å². The minimum atomic E-state index is 0.509. The number of anilines is 2. The number of aromatic nitrogens is 2. The highest BCUT2D eigenvalue weighted by atomic mass is 35.5. The minimum absolute atomic E-state index is 0.509. The first-order valence-corrected chi connectivity index (χ1v) is 9.32. The molecule has 2 heterocycles. The zero-order valence-electron chi connectivity index (χ0n) is 14.0. The van der Waals surface area contributed by atoms with Crippen molar-refractivity contribution in [2.45, 2.75) is 11.4 Å². The zero-order chi connectivity index (χ0) is 17.6. The lowest BCUT2D eigenvalue weighted by molar-refractivity contribution is 0.398. The largest absolute Gasteiger partial charge is 0.481 e. The number of methoxy groups -OCH3 is 1. The van der Waals surface area contributed by atoms with E-state index in [1.807, 2.05) is 24.3 Å². The molecule has 0 spiro atoms. The second-order valence-corrected chi connectivity index (χ2v) is 6.54. The van der Waals surface area contributed by atoms with Crippen LogP contribution in [0.4, 0.5) is 11.4 Å². The van der Waals surface area contributed by atoms with Crippen molar-refractivity contribution in [2.75, 3.05) is 18.3 Å². The van der Waals surface area contributed by atoms with Crippen LogP contribution >= 0.6 is 23.4 Å². The third-order valence-electron chi connectivity index (χ3n) is 3.77. The van der Waals surface area contributed by atoms with E-state index in [9.17, 15) is 0 Å². The molecule has 0 fully saturated rings. The topological polar surface area (TPSA) is 38.2 Å². The summed E-state index contributed by atoms with van der Waals surface area (Å²) in [5.74, 6) is 0.584. The van der Waals surface area contributed by atoms with E-state index in [4.69, 9.17) is 16.3 Å². The van der Waals surface area contributed by atoms with Crippen LogP contribution in [0.25, 0.3) is 0 Å². The molecular formula is C19H18ClN3OS. The summed E-state index contributed by atoms with van der Waals surface area (Å²) in [6.45, 7) is 0.596. The molecule has 0 aliphatic carbocycles. The van der Waals surface area contributed by atoms with Gasteiger partial charge in [0.25, 0.3) is 0 Å². The fourth-order valence-electron chi connectivity index (χ4n) is 2.47. The number of hydrogen-bond donors (Lipinski definition) is 0. The van der Waals surface area contributed by atoms with Gasteiger partial charge < -0.3 is 9.64 Å². The summed E-state index contributed by atoms with van der Waals surface area (Å²) in [5.41, 5.74) is 2.98. The van der Waals surface area contributed by atoms with Crippen LogP contribution in [-0.2, 0) is 6.54 Å². The zero-order valence-corrected chi connectivity index (χ0v) is 15.6. The summed E-state index contributed by atoms with van der Waals surface area (Å²) < 4.78 is 5.16. The lowest BCUT2D eigenvalue weighted by Crippen LogP contribution is -2.17. The van der Waals surface area contributed by atoms with E-state index in [-0.39, 0.29) is 0 Å². The Bertz CT molecular complexity index is 842. The maximum Gasteiger partial charge on any atom is 0.213 e. The van der Waals surface area contributed by atoms with Gasteiger partial charge in [0.2, 0.25) is 5.88 Å². The fourth-order valence-corrected chi connectivity index (χ4v) is 3.10. The molecule has 128 valence electrons. The first kappa shape index (κ1) is 17.6. The second kappa shape index (κ2) is 8.23. The molecule has 3 aromatic rings. The van der Waals surface area contributed by atoms with Crippen molar-refractivity contribution in [3.63, 3.8) is 0 Å². The molecule has 0 unspecified atom stereocenters. The van der Waals surface area contributed by atoms with Gasteiger partial charge in [-0.05, 0) is 36.6 Å². The number of ether oxygens (including phenoxy) is 1. The third kappa shape index (κ3) is 4.24. The van der Waals surface area contributed by atoms with Gasteiger partial charge in [0.15, 0.2) is 0 Å². The first-order valence-electron chi connectivity index (χ1n) is 7.72. The summed E-state index contributed by atoms with van der Waals surface area (Å²) in [6, 6.07) is 16.1. The van der Waals surface area contributed by atoms with Crippen molar-refractivity contribution in [1.29, 1.82) is 0 Å². The molecule has 0 aliphatic heterocycles. The van der Waals surface area contributed by atoms with Crippen LogP contribution in [0, 0.1) is 0 Å². The molecule has 6 heteroatoms. The molecule has 0 saturated heterocycles. The Labute approximate surface area is 156 Å². The average Bonchev–Trinajstić information content (AvgIpc) is 2.67. The van der Waals surface area contributed by atoms with Gasteiger partial charge in [0.1, 0.15) is 5.15 Å². The average molecular weight is 372 g/mol. The molecule has 0 aliphatic rings. The van der Waals surface area contributed by atoms with Crippen molar-refractivity contribution in [3.05, 3.63) is 71.6 Å². The van der Waals surface area contributed by atoms with Crippen LogP contribution in [0.1, 0.15) is 5.56 Å². The van der Waals surface area contributed by atoms with Gasteiger partial charge in [-0.2, -0.15) is 0 Å². The Balaban J connectivity index is 2.01. The molecule has 0 radical (unpaired) electrons. The molecule has 25 heavy (non-hydrogen) atoms. The number of benzene rings is 1. The number of halogens is 1. The first-order chi connectivity index (χ1) is 12.2. The molecular weight excluding hydrogens is 354 g/mol. The van der Waals surface area contributed by atoms with Gasteiger partial charge in [-0.1, -0.05) is 23.7 Å². The van der Waals surface area contributed by atoms with E-state index in [1.165, 1.54) is 4.90 Å². The van der Waals surface area contributed by atoms with Gasteiger partial charge >= 0.3 is 0 Å². The lowest BCUT2D eigenvalue weighted by atomic mass is 10.2. The number of pyridine rings is 2. The van der Waals surface area contributed by atoms with Crippen LogP contribution in [0.15, 0.2) is 65.8 Å².